The van der Waals surface area contributed by atoms with Gasteiger partial charge in [-0.3, -0.25) is 9.67 Å². The SMILES string of the molecule is C[Si](C)(C)CCOCn1c(-c2ccn[nH]2)cc2c(Cl)c(C#N)cnc21. The number of nitrogens with zero attached hydrogens (tertiary/aromatic N) is 4. The van der Waals surface area contributed by atoms with E-state index in [1.807, 2.05) is 16.7 Å². The average molecular weight is 374 g/mol. The molecule has 0 bridgehead atoms. The second-order valence-electron chi connectivity index (χ2n) is 7.11. The van der Waals surface area contributed by atoms with Gasteiger partial charge in [0.1, 0.15) is 18.4 Å². The third-order valence-electron chi connectivity index (χ3n) is 3.97. The van der Waals surface area contributed by atoms with Crippen LogP contribution in [0.25, 0.3) is 22.4 Å². The minimum Gasteiger partial charge on any atom is -0.361 e. The van der Waals surface area contributed by atoms with E-state index in [9.17, 15) is 0 Å². The highest BCUT2D eigenvalue weighted by atomic mass is 35.5. The van der Waals surface area contributed by atoms with Crippen LogP contribution in [0, 0.1) is 11.3 Å². The fraction of sp³-hybridized carbons (Fsp3) is 0.353. The number of pyridine rings is 1. The molecular weight excluding hydrogens is 354 g/mol. The maximum atomic E-state index is 9.17. The number of rotatable bonds is 6. The first-order valence-electron chi connectivity index (χ1n) is 8.06. The van der Waals surface area contributed by atoms with Crippen LogP contribution in [0.2, 0.25) is 30.7 Å². The van der Waals surface area contributed by atoms with Crippen LogP contribution in [0.1, 0.15) is 5.56 Å². The van der Waals surface area contributed by atoms with E-state index in [-0.39, 0.29) is 0 Å². The number of H-pyrrole nitrogens is 1. The average Bonchev–Trinajstić information content (AvgIpc) is 3.19. The van der Waals surface area contributed by atoms with Gasteiger partial charge in [-0.1, -0.05) is 31.2 Å². The van der Waals surface area contributed by atoms with Crippen molar-refractivity contribution >= 4 is 30.7 Å². The molecule has 3 heterocycles. The summed E-state index contributed by atoms with van der Waals surface area (Å²) >= 11 is 6.37. The molecule has 0 saturated heterocycles. The zero-order valence-electron chi connectivity index (χ0n) is 14.5. The standard InChI is InChI=1S/C17H20ClN5OSi/c1-25(2,3)7-6-24-11-23-15(14-4-5-21-22-14)8-13-16(18)12(9-19)10-20-17(13)23/h4-5,8,10H,6-7,11H2,1-3H3,(H,21,22). The summed E-state index contributed by atoms with van der Waals surface area (Å²) in [5.41, 5.74) is 2.79. The van der Waals surface area contributed by atoms with Crippen LogP contribution in [0.4, 0.5) is 0 Å². The largest absolute Gasteiger partial charge is 0.361 e. The van der Waals surface area contributed by atoms with E-state index in [0.29, 0.717) is 29.6 Å². The molecule has 8 heteroatoms. The maximum Gasteiger partial charge on any atom is 0.143 e. The molecule has 0 fully saturated rings. The Balaban J connectivity index is 1.98. The van der Waals surface area contributed by atoms with E-state index in [2.05, 4.69) is 40.9 Å². The van der Waals surface area contributed by atoms with Gasteiger partial charge in [-0.25, -0.2) is 4.98 Å². The maximum absolute atomic E-state index is 9.17. The first kappa shape index (κ1) is 17.7. The summed E-state index contributed by atoms with van der Waals surface area (Å²) in [5, 5.41) is 17.3. The molecule has 3 rings (SSSR count). The van der Waals surface area contributed by atoms with Crippen molar-refractivity contribution in [3.05, 3.63) is 35.1 Å². The van der Waals surface area contributed by atoms with E-state index in [1.54, 1.807) is 6.20 Å². The fourth-order valence-corrected chi connectivity index (χ4v) is 3.52. The lowest BCUT2D eigenvalue weighted by molar-refractivity contribution is 0.0909. The van der Waals surface area contributed by atoms with Crippen molar-refractivity contribution in [1.29, 1.82) is 5.26 Å². The van der Waals surface area contributed by atoms with Gasteiger partial charge in [-0.2, -0.15) is 10.4 Å². The van der Waals surface area contributed by atoms with E-state index in [0.717, 1.165) is 22.8 Å². The third kappa shape index (κ3) is 3.76. The molecular formula is C17H20ClN5OSi. The molecule has 0 saturated carbocycles. The van der Waals surface area contributed by atoms with Gasteiger partial charge in [-0.05, 0) is 18.2 Å². The number of fused-ring (bicyclic) bond motifs is 1. The predicted molar refractivity (Wildman–Crippen MR) is 101 cm³/mol. The molecule has 0 atom stereocenters. The number of halogens is 1. The zero-order valence-corrected chi connectivity index (χ0v) is 16.3. The number of nitrogens with one attached hydrogen (secondary N) is 1. The van der Waals surface area contributed by atoms with Crippen LogP contribution < -0.4 is 0 Å². The Labute approximate surface area is 152 Å². The molecule has 3 aromatic rings. The third-order valence-corrected chi connectivity index (χ3v) is 6.08. The Morgan fingerprint density at radius 2 is 2.20 bits per heavy atom. The lowest BCUT2D eigenvalue weighted by atomic mass is 10.2. The lowest BCUT2D eigenvalue weighted by Crippen LogP contribution is -2.22. The zero-order chi connectivity index (χ0) is 18.0. The van der Waals surface area contributed by atoms with E-state index in [1.165, 1.54) is 6.20 Å². The first-order valence-corrected chi connectivity index (χ1v) is 12.1. The minimum absolute atomic E-state index is 0.363. The molecule has 3 aromatic heterocycles. The smallest absolute Gasteiger partial charge is 0.143 e. The number of hydrogen-bond acceptors (Lipinski definition) is 4. The molecule has 0 aliphatic heterocycles. The Kier molecular flexibility index (Phi) is 4.95. The number of ether oxygens (including phenoxy) is 1. The van der Waals surface area contributed by atoms with Crippen molar-refractivity contribution in [2.75, 3.05) is 6.61 Å². The van der Waals surface area contributed by atoms with Crippen molar-refractivity contribution in [1.82, 2.24) is 19.7 Å². The summed E-state index contributed by atoms with van der Waals surface area (Å²) in [5.74, 6) is 0. The quantitative estimate of drug-likeness (QED) is 0.517. The molecule has 0 aliphatic rings. The van der Waals surface area contributed by atoms with Gasteiger partial charge in [-0.15, -0.1) is 0 Å². The van der Waals surface area contributed by atoms with Crippen LogP contribution in [-0.4, -0.2) is 34.4 Å². The highest BCUT2D eigenvalue weighted by Crippen LogP contribution is 2.32. The van der Waals surface area contributed by atoms with Crippen molar-refractivity contribution in [2.24, 2.45) is 0 Å². The van der Waals surface area contributed by atoms with Crippen LogP contribution in [0.3, 0.4) is 0 Å². The highest BCUT2D eigenvalue weighted by molar-refractivity contribution is 6.76. The second kappa shape index (κ2) is 7.00. The summed E-state index contributed by atoms with van der Waals surface area (Å²) in [6.45, 7) is 8.05. The van der Waals surface area contributed by atoms with Gasteiger partial charge < -0.3 is 4.74 Å². The minimum atomic E-state index is -1.14. The highest BCUT2D eigenvalue weighted by Gasteiger charge is 2.18. The van der Waals surface area contributed by atoms with E-state index < -0.39 is 8.07 Å². The van der Waals surface area contributed by atoms with Gasteiger partial charge in [0.15, 0.2) is 0 Å². The van der Waals surface area contributed by atoms with E-state index >= 15 is 0 Å². The molecule has 130 valence electrons. The van der Waals surface area contributed by atoms with E-state index in [4.69, 9.17) is 21.6 Å². The van der Waals surface area contributed by atoms with Crippen LogP contribution in [0.5, 0.6) is 0 Å². The number of aromatic nitrogens is 4. The molecule has 25 heavy (non-hydrogen) atoms. The Hall–Kier alpha value is -2.14. The summed E-state index contributed by atoms with van der Waals surface area (Å²) < 4.78 is 7.87. The van der Waals surface area contributed by atoms with Crippen LogP contribution in [0.15, 0.2) is 24.5 Å². The number of aromatic amines is 1. The Morgan fingerprint density at radius 1 is 1.40 bits per heavy atom. The van der Waals surface area contributed by atoms with Crippen molar-refractivity contribution in [3.63, 3.8) is 0 Å². The number of hydrogen-bond donors (Lipinski definition) is 1. The van der Waals surface area contributed by atoms with Crippen molar-refractivity contribution in [3.8, 4) is 17.5 Å². The van der Waals surface area contributed by atoms with Crippen LogP contribution >= 0.6 is 11.6 Å². The normalized spacial score (nSPS) is 11.8. The molecule has 6 nitrogen and oxygen atoms in total. The molecule has 0 unspecified atom stereocenters. The topological polar surface area (TPSA) is 79.5 Å². The molecule has 0 aliphatic carbocycles. The summed E-state index contributed by atoms with van der Waals surface area (Å²) in [6.07, 6.45) is 3.19. The Bertz CT molecular complexity index is 921. The molecule has 0 radical (unpaired) electrons. The van der Waals surface area contributed by atoms with Gasteiger partial charge >= 0.3 is 0 Å². The predicted octanol–water partition coefficient (Wildman–Crippen LogP) is 4.26. The van der Waals surface area contributed by atoms with Crippen LogP contribution in [-0.2, 0) is 11.5 Å². The lowest BCUT2D eigenvalue weighted by Gasteiger charge is -2.16. The van der Waals surface area contributed by atoms with Crippen molar-refractivity contribution < 1.29 is 4.74 Å². The Morgan fingerprint density at radius 3 is 2.84 bits per heavy atom. The fourth-order valence-electron chi connectivity index (χ4n) is 2.53. The summed E-state index contributed by atoms with van der Waals surface area (Å²) in [4.78, 5) is 4.42. The summed E-state index contributed by atoms with van der Waals surface area (Å²) in [7, 11) is -1.14. The van der Waals surface area contributed by atoms with Gasteiger partial charge in [0, 0.05) is 32.5 Å². The van der Waals surface area contributed by atoms with Crippen molar-refractivity contribution in [2.45, 2.75) is 32.4 Å². The summed E-state index contributed by atoms with van der Waals surface area (Å²) in [6, 6.07) is 6.96. The van der Waals surface area contributed by atoms with Gasteiger partial charge in [0.25, 0.3) is 0 Å². The molecule has 0 aromatic carbocycles. The van der Waals surface area contributed by atoms with Gasteiger partial charge in [0.2, 0.25) is 0 Å². The monoisotopic (exact) mass is 373 g/mol. The second-order valence-corrected chi connectivity index (χ2v) is 13.1. The molecule has 0 spiro atoms. The molecule has 0 amide bonds. The molecule has 1 N–H and O–H groups in total. The number of nitriles is 1. The van der Waals surface area contributed by atoms with Gasteiger partial charge in [0.05, 0.1) is 22.0 Å². The first-order chi connectivity index (χ1) is 11.9.